The van der Waals surface area contributed by atoms with Gasteiger partial charge in [0.2, 0.25) is 0 Å². The zero-order chi connectivity index (χ0) is 16.8. The zero-order valence-electron chi connectivity index (χ0n) is 12.9. The lowest BCUT2D eigenvalue weighted by molar-refractivity contribution is 0.0942. The third kappa shape index (κ3) is 3.94. The predicted octanol–water partition coefficient (Wildman–Crippen LogP) is 2.31. The van der Waals surface area contributed by atoms with E-state index in [0.717, 1.165) is 5.56 Å². The maximum absolute atomic E-state index is 12.0. The Morgan fingerprint density at radius 3 is 2.39 bits per heavy atom. The highest BCUT2D eigenvalue weighted by atomic mass is 16.5. The van der Waals surface area contributed by atoms with Gasteiger partial charge in [-0.3, -0.25) is 15.6 Å². The second-order valence-electron chi connectivity index (χ2n) is 4.68. The molecule has 0 radical (unpaired) electrons. The molecule has 0 atom stereocenters. The van der Waals surface area contributed by atoms with E-state index in [2.05, 4.69) is 17.4 Å². The summed E-state index contributed by atoms with van der Waals surface area (Å²) in [6.07, 6.45) is 0. The molecule has 2 aromatic carbocycles. The predicted molar refractivity (Wildman–Crippen MR) is 87.3 cm³/mol. The Balaban J connectivity index is 2.03. The van der Waals surface area contributed by atoms with Crippen molar-refractivity contribution < 1.29 is 19.4 Å². The van der Waals surface area contributed by atoms with Crippen LogP contribution in [0.15, 0.2) is 49.0 Å². The fourth-order valence-electron chi connectivity index (χ4n) is 1.95. The van der Waals surface area contributed by atoms with E-state index in [9.17, 15) is 9.90 Å². The van der Waals surface area contributed by atoms with Gasteiger partial charge in [0, 0.05) is 11.1 Å². The summed E-state index contributed by atoms with van der Waals surface area (Å²) < 4.78 is 10.4. The highest BCUT2D eigenvalue weighted by Gasteiger charge is 2.09. The van der Waals surface area contributed by atoms with Gasteiger partial charge in [-0.05, 0) is 36.4 Å². The lowest BCUT2D eigenvalue weighted by Gasteiger charge is -2.13. The molecule has 120 valence electrons. The molecular weight excluding hydrogens is 296 g/mol. The zero-order valence-corrected chi connectivity index (χ0v) is 12.9. The van der Waals surface area contributed by atoms with Gasteiger partial charge in [0.25, 0.3) is 5.91 Å². The van der Waals surface area contributed by atoms with Crippen LogP contribution in [0, 0.1) is 0 Å². The van der Waals surface area contributed by atoms with Gasteiger partial charge in [-0.1, -0.05) is 12.6 Å². The molecule has 0 fully saturated rings. The number of benzene rings is 2. The van der Waals surface area contributed by atoms with E-state index in [1.807, 2.05) is 0 Å². The van der Waals surface area contributed by atoms with Gasteiger partial charge >= 0.3 is 0 Å². The first kappa shape index (κ1) is 16.2. The molecule has 3 N–H and O–H groups in total. The van der Waals surface area contributed by atoms with Crippen LogP contribution in [0.5, 0.6) is 17.2 Å². The highest BCUT2D eigenvalue weighted by Crippen LogP contribution is 2.29. The Kier molecular flexibility index (Phi) is 5.09. The summed E-state index contributed by atoms with van der Waals surface area (Å²) in [5.74, 6) is 0.805. The topological polar surface area (TPSA) is 79.8 Å². The Morgan fingerprint density at radius 2 is 1.74 bits per heavy atom. The van der Waals surface area contributed by atoms with E-state index in [0.29, 0.717) is 22.8 Å². The first-order chi connectivity index (χ1) is 11.0. The molecular formula is C17H18N2O4. The summed E-state index contributed by atoms with van der Waals surface area (Å²) in [6.45, 7) is 3.87. The van der Waals surface area contributed by atoms with Crippen molar-refractivity contribution in [3.8, 4) is 17.2 Å². The molecule has 2 aromatic rings. The summed E-state index contributed by atoms with van der Waals surface area (Å²) in [6, 6.07) is 11.3. The van der Waals surface area contributed by atoms with Gasteiger partial charge in [0.05, 0.1) is 19.9 Å². The number of hydrogen-bond acceptors (Lipinski definition) is 5. The van der Waals surface area contributed by atoms with Crippen molar-refractivity contribution in [3.05, 3.63) is 60.2 Å². The number of methoxy groups -OCH3 is 2. The number of amides is 1. The lowest BCUT2D eigenvalue weighted by Crippen LogP contribution is -2.35. The average molecular weight is 314 g/mol. The molecule has 0 aliphatic heterocycles. The summed E-state index contributed by atoms with van der Waals surface area (Å²) in [4.78, 5) is 12.0. The Hall–Kier alpha value is -3.15. The van der Waals surface area contributed by atoms with E-state index in [1.54, 1.807) is 44.6 Å². The molecule has 0 aliphatic carbocycles. The monoisotopic (exact) mass is 314 g/mol. The smallest absolute Gasteiger partial charge is 0.269 e. The molecule has 0 unspecified atom stereocenters. The van der Waals surface area contributed by atoms with E-state index in [1.165, 1.54) is 12.1 Å². The van der Waals surface area contributed by atoms with Gasteiger partial charge in [0.15, 0.2) is 11.5 Å². The van der Waals surface area contributed by atoms with Crippen LogP contribution in [0.2, 0.25) is 0 Å². The molecule has 1 amide bonds. The van der Waals surface area contributed by atoms with Gasteiger partial charge in [-0.2, -0.15) is 0 Å². The number of rotatable bonds is 6. The van der Waals surface area contributed by atoms with Crippen molar-refractivity contribution in [1.82, 2.24) is 10.9 Å². The minimum Gasteiger partial charge on any atom is -0.508 e. The number of phenols is 1. The van der Waals surface area contributed by atoms with Crippen LogP contribution < -0.4 is 20.3 Å². The van der Waals surface area contributed by atoms with Crippen LogP contribution in [-0.2, 0) is 0 Å². The summed E-state index contributed by atoms with van der Waals surface area (Å²) in [5, 5.41) is 9.38. The van der Waals surface area contributed by atoms with Crippen molar-refractivity contribution in [3.63, 3.8) is 0 Å². The third-order valence-corrected chi connectivity index (χ3v) is 3.17. The van der Waals surface area contributed by atoms with E-state index in [-0.39, 0.29) is 11.7 Å². The van der Waals surface area contributed by atoms with Crippen LogP contribution in [0.4, 0.5) is 0 Å². The SMILES string of the molecule is C=C(NNC(=O)c1cccc(O)c1)c1ccc(OC)c(OC)c1. The van der Waals surface area contributed by atoms with Crippen LogP contribution in [0.25, 0.3) is 5.70 Å². The second kappa shape index (κ2) is 7.22. The number of hydrogen-bond donors (Lipinski definition) is 3. The highest BCUT2D eigenvalue weighted by molar-refractivity contribution is 5.94. The van der Waals surface area contributed by atoms with Crippen LogP contribution >= 0.6 is 0 Å². The average Bonchev–Trinajstić information content (AvgIpc) is 2.58. The van der Waals surface area contributed by atoms with Crippen molar-refractivity contribution in [2.75, 3.05) is 14.2 Å². The molecule has 0 saturated carbocycles. The molecule has 0 bridgehead atoms. The number of aromatic hydroxyl groups is 1. The van der Waals surface area contributed by atoms with E-state index < -0.39 is 0 Å². The van der Waals surface area contributed by atoms with Gasteiger partial charge < -0.3 is 14.6 Å². The van der Waals surface area contributed by atoms with Crippen molar-refractivity contribution in [1.29, 1.82) is 0 Å². The molecule has 6 heteroatoms. The quantitative estimate of drug-likeness (QED) is 0.713. The van der Waals surface area contributed by atoms with Crippen molar-refractivity contribution >= 4 is 11.6 Å². The molecule has 6 nitrogen and oxygen atoms in total. The summed E-state index contributed by atoms with van der Waals surface area (Å²) in [5.41, 5.74) is 6.80. The minimum atomic E-state index is -0.387. The molecule has 0 saturated heterocycles. The molecule has 23 heavy (non-hydrogen) atoms. The molecule has 2 rings (SSSR count). The van der Waals surface area contributed by atoms with E-state index >= 15 is 0 Å². The van der Waals surface area contributed by atoms with Crippen LogP contribution in [-0.4, -0.2) is 25.2 Å². The van der Waals surface area contributed by atoms with Crippen molar-refractivity contribution in [2.45, 2.75) is 0 Å². The fraction of sp³-hybridized carbons (Fsp3) is 0.118. The first-order valence-corrected chi connectivity index (χ1v) is 6.82. The number of phenolic OH excluding ortho intramolecular Hbond substituents is 1. The summed E-state index contributed by atoms with van der Waals surface area (Å²) in [7, 11) is 3.10. The third-order valence-electron chi connectivity index (χ3n) is 3.17. The van der Waals surface area contributed by atoms with Gasteiger partial charge in [-0.15, -0.1) is 0 Å². The van der Waals surface area contributed by atoms with Gasteiger partial charge in [-0.25, -0.2) is 0 Å². The van der Waals surface area contributed by atoms with E-state index in [4.69, 9.17) is 9.47 Å². The molecule has 0 aliphatic rings. The standard InChI is InChI=1S/C17H18N2O4/c1-11(12-7-8-15(22-2)16(10-12)23-3)18-19-17(21)13-5-4-6-14(20)9-13/h4-10,18,20H,1H2,2-3H3,(H,19,21). The van der Waals surface area contributed by atoms with Crippen LogP contribution in [0.3, 0.4) is 0 Å². The lowest BCUT2D eigenvalue weighted by atomic mass is 10.1. The van der Waals surface area contributed by atoms with Crippen molar-refractivity contribution in [2.24, 2.45) is 0 Å². The fourth-order valence-corrected chi connectivity index (χ4v) is 1.95. The maximum Gasteiger partial charge on any atom is 0.269 e. The largest absolute Gasteiger partial charge is 0.508 e. The first-order valence-electron chi connectivity index (χ1n) is 6.82. The molecule has 0 spiro atoms. The Morgan fingerprint density at radius 1 is 1.00 bits per heavy atom. The summed E-state index contributed by atoms with van der Waals surface area (Å²) >= 11 is 0. The van der Waals surface area contributed by atoms with Gasteiger partial charge in [0.1, 0.15) is 5.75 Å². The Labute approximate surface area is 134 Å². The number of nitrogens with one attached hydrogen (secondary N) is 2. The molecule has 0 heterocycles. The Bertz CT molecular complexity index is 728. The normalized spacial score (nSPS) is 9.83. The number of ether oxygens (including phenoxy) is 2. The van der Waals surface area contributed by atoms with Crippen LogP contribution in [0.1, 0.15) is 15.9 Å². The number of hydrazine groups is 1. The number of carbonyl (C=O) groups excluding carboxylic acids is 1. The number of carbonyl (C=O) groups is 1. The second-order valence-corrected chi connectivity index (χ2v) is 4.68. The minimum absolute atomic E-state index is 0.0244. The maximum atomic E-state index is 12.0. The molecule has 0 aromatic heterocycles.